The molecule has 2 heterocycles. The van der Waals surface area contributed by atoms with E-state index in [4.69, 9.17) is 0 Å². The Kier molecular flexibility index (Phi) is 6.14. The average molecular weight is 271 g/mol. The van der Waals surface area contributed by atoms with E-state index in [-0.39, 0.29) is 6.03 Å². The van der Waals surface area contributed by atoms with Crippen molar-refractivity contribution < 1.29 is 4.79 Å². The number of nitrogens with one attached hydrogen (secondary N) is 3. The van der Waals surface area contributed by atoms with Gasteiger partial charge in [0.05, 0.1) is 0 Å². The maximum atomic E-state index is 11.7. The van der Waals surface area contributed by atoms with E-state index >= 15 is 0 Å². The van der Waals surface area contributed by atoms with Gasteiger partial charge >= 0.3 is 6.03 Å². The lowest BCUT2D eigenvalue weighted by molar-refractivity contribution is 0.237. The van der Waals surface area contributed by atoms with Crippen molar-refractivity contribution in [3.8, 4) is 0 Å². The van der Waals surface area contributed by atoms with E-state index in [0.717, 1.165) is 26.2 Å². The molecule has 18 heavy (non-hydrogen) atoms. The van der Waals surface area contributed by atoms with Crippen molar-refractivity contribution in [2.24, 2.45) is 5.92 Å². The molecule has 0 aromatic rings. The van der Waals surface area contributed by atoms with E-state index in [2.05, 4.69) is 16.0 Å². The maximum absolute atomic E-state index is 11.7. The molecule has 2 saturated heterocycles. The molecular weight excluding hydrogens is 246 g/mol. The Morgan fingerprint density at radius 3 is 2.78 bits per heavy atom. The molecule has 2 unspecified atom stereocenters. The normalized spacial score (nSPS) is 28.7. The van der Waals surface area contributed by atoms with Gasteiger partial charge in [-0.05, 0) is 50.4 Å². The predicted octanol–water partition coefficient (Wildman–Crippen LogP) is 1.57. The molecule has 2 fully saturated rings. The molecule has 0 aliphatic carbocycles. The molecular formula is C13H25N3OS. The molecule has 2 atom stereocenters. The van der Waals surface area contributed by atoms with Crippen LogP contribution >= 0.6 is 11.8 Å². The fraction of sp³-hybridized carbons (Fsp3) is 0.923. The van der Waals surface area contributed by atoms with Gasteiger partial charge < -0.3 is 16.0 Å². The number of piperidine rings is 1. The molecule has 2 amide bonds. The summed E-state index contributed by atoms with van der Waals surface area (Å²) in [4.78, 5) is 11.7. The van der Waals surface area contributed by atoms with Gasteiger partial charge in [0, 0.05) is 18.3 Å². The van der Waals surface area contributed by atoms with Gasteiger partial charge in [-0.1, -0.05) is 6.42 Å². The minimum absolute atomic E-state index is 0.00625. The van der Waals surface area contributed by atoms with Crippen LogP contribution in [0, 0.1) is 5.92 Å². The van der Waals surface area contributed by atoms with Gasteiger partial charge in [0.25, 0.3) is 0 Å². The number of carbonyl (C=O) groups excluding carboxylic acids is 1. The summed E-state index contributed by atoms with van der Waals surface area (Å²) in [7, 11) is 0. The summed E-state index contributed by atoms with van der Waals surface area (Å²) < 4.78 is 0. The maximum Gasteiger partial charge on any atom is 0.314 e. The first-order valence-electron chi connectivity index (χ1n) is 7.18. The Hall–Kier alpha value is -0.420. The van der Waals surface area contributed by atoms with Crippen molar-refractivity contribution in [1.29, 1.82) is 0 Å². The van der Waals surface area contributed by atoms with Gasteiger partial charge in [-0.25, -0.2) is 4.79 Å². The molecule has 0 bridgehead atoms. The molecule has 5 heteroatoms. The van der Waals surface area contributed by atoms with Crippen molar-refractivity contribution >= 4 is 17.8 Å². The first kappa shape index (κ1) is 14.0. The number of amides is 2. The lowest BCUT2D eigenvalue weighted by atomic mass is 10.00. The zero-order valence-corrected chi connectivity index (χ0v) is 11.9. The Labute approximate surface area is 114 Å². The SMILES string of the molecule is O=C(NCC1CCCNC1)NCC1CCCCS1. The number of rotatable bonds is 4. The number of hydrogen-bond acceptors (Lipinski definition) is 3. The molecule has 2 aliphatic rings. The second-order valence-electron chi connectivity index (χ2n) is 5.29. The molecule has 2 rings (SSSR count). The smallest absolute Gasteiger partial charge is 0.314 e. The third-order valence-corrected chi connectivity index (χ3v) is 5.11. The highest BCUT2D eigenvalue weighted by Gasteiger charge is 2.16. The quantitative estimate of drug-likeness (QED) is 0.727. The third-order valence-electron chi connectivity index (χ3n) is 3.71. The van der Waals surface area contributed by atoms with Crippen molar-refractivity contribution in [3.05, 3.63) is 0 Å². The van der Waals surface area contributed by atoms with Gasteiger partial charge in [0.15, 0.2) is 0 Å². The summed E-state index contributed by atoms with van der Waals surface area (Å²) >= 11 is 2.00. The van der Waals surface area contributed by atoms with Crippen LogP contribution in [0.25, 0.3) is 0 Å². The van der Waals surface area contributed by atoms with Crippen molar-refractivity contribution in [1.82, 2.24) is 16.0 Å². The van der Waals surface area contributed by atoms with Gasteiger partial charge in [-0.2, -0.15) is 11.8 Å². The van der Waals surface area contributed by atoms with Crippen LogP contribution in [0.1, 0.15) is 32.1 Å². The third kappa shape index (κ3) is 5.06. The highest BCUT2D eigenvalue weighted by Crippen LogP contribution is 2.24. The molecule has 0 saturated carbocycles. The summed E-state index contributed by atoms with van der Waals surface area (Å²) in [6.07, 6.45) is 6.35. The fourth-order valence-electron chi connectivity index (χ4n) is 2.57. The Balaban J connectivity index is 1.54. The topological polar surface area (TPSA) is 53.2 Å². The standard InChI is InChI=1S/C13H25N3OS/c17-13(15-9-11-4-3-6-14-8-11)16-10-12-5-1-2-7-18-12/h11-12,14H,1-10H2,(H2,15,16,17). The van der Waals surface area contributed by atoms with Crippen LogP contribution in [-0.2, 0) is 0 Å². The van der Waals surface area contributed by atoms with Crippen LogP contribution in [0.3, 0.4) is 0 Å². The minimum Gasteiger partial charge on any atom is -0.338 e. The van der Waals surface area contributed by atoms with Crippen LogP contribution in [0.2, 0.25) is 0 Å². The lowest BCUT2D eigenvalue weighted by Crippen LogP contribution is -2.43. The first-order valence-corrected chi connectivity index (χ1v) is 8.23. The molecule has 0 spiro atoms. The largest absolute Gasteiger partial charge is 0.338 e. The van der Waals surface area contributed by atoms with E-state index in [1.54, 1.807) is 0 Å². The Morgan fingerprint density at radius 2 is 2.06 bits per heavy atom. The summed E-state index contributed by atoms with van der Waals surface area (Å²) in [6, 6.07) is 0.00625. The Morgan fingerprint density at radius 1 is 1.17 bits per heavy atom. The van der Waals surface area contributed by atoms with Gasteiger partial charge in [-0.3, -0.25) is 0 Å². The van der Waals surface area contributed by atoms with Crippen LogP contribution in [0.5, 0.6) is 0 Å². The average Bonchev–Trinajstić information content (AvgIpc) is 2.45. The molecule has 0 aromatic carbocycles. The highest BCUT2D eigenvalue weighted by molar-refractivity contribution is 7.99. The highest BCUT2D eigenvalue weighted by atomic mass is 32.2. The molecule has 0 aromatic heterocycles. The van der Waals surface area contributed by atoms with E-state index in [1.165, 1.54) is 37.9 Å². The van der Waals surface area contributed by atoms with E-state index in [9.17, 15) is 4.79 Å². The molecule has 104 valence electrons. The molecule has 3 N–H and O–H groups in total. The van der Waals surface area contributed by atoms with Crippen LogP contribution in [-0.4, -0.2) is 43.2 Å². The van der Waals surface area contributed by atoms with Crippen LogP contribution < -0.4 is 16.0 Å². The van der Waals surface area contributed by atoms with Crippen molar-refractivity contribution in [3.63, 3.8) is 0 Å². The minimum atomic E-state index is 0.00625. The summed E-state index contributed by atoms with van der Waals surface area (Å²) in [5.74, 6) is 1.86. The molecule has 2 aliphatic heterocycles. The number of hydrogen-bond donors (Lipinski definition) is 3. The fourth-order valence-corrected chi connectivity index (χ4v) is 3.81. The summed E-state index contributed by atoms with van der Waals surface area (Å²) in [6.45, 7) is 3.79. The van der Waals surface area contributed by atoms with E-state index in [1.807, 2.05) is 11.8 Å². The zero-order valence-electron chi connectivity index (χ0n) is 11.0. The summed E-state index contributed by atoms with van der Waals surface area (Å²) in [5.41, 5.74) is 0. The monoisotopic (exact) mass is 271 g/mol. The zero-order chi connectivity index (χ0) is 12.6. The van der Waals surface area contributed by atoms with Gasteiger partial charge in [0.2, 0.25) is 0 Å². The van der Waals surface area contributed by atoms with Crippen molar-refractivity contribution in [2.45, 2.75) is 37.4 Å². The first-order chi connectivity index (χ1) is 8.84. The number of carbonyl (C=O) groups is 1. The second kappa shape index (κ2) is 7.89. The Bertz CT molecular complexity index is 227. The molecule has 4 nitrogen and oxygen atoms in total. The van der Waals surface area contributed by atoms with E-state index < -0.39 is 0 Å². The van der Waals surface area contributed by atoms with Crippen molar-refractivity contribution in [2.75, 3.05) is 31.9 Å². The summed E-state index contributed by atoms with van der Waals surface area (Å²) in [5, 5.41) is 9.99. The molecule has 0 radical (unpaired) electrons. The van der Waals surface area contributed by atoms with Crippen LogP contribution in [0.15, 0.2) is 0 Å². The second-order valence-corrected chi connectivity index (χ2v) is 6.70. The van der Waals surface area contributed by atoms with Crippen LogP contribution in [0.4, 0.5) is 4.79 Å². The number of thioether (sulfide) groups is 1. The van der Waals surface area contributed by atoms with Gasteiger partial charge in [-0.15, -0.1) is 0 Å². The van der Waals surface area contributed by atoms with Gasteiger partial charge in [0.1, 0.15) is 0 Å². The number of urea groups is 1. The predicted molar refractivity (Wildman–Crippen MR) is 77.1 cm³/mol. The lowest BCUT2D eigenvalue weighted by Gasteiger charge is -2.24. The van der Waals surface area contributed by atoms with E-state index in [0.29, 0.717) is 11.2 Å².